The summed E-state index contributed by atoms with van der Waals surface area (Å²) in [4.78, 5) is 4.67. The van der Waals surface area contributed by atoms with E-state index in [1.165, 1.54) is 0 Å². The van der Waals surface area contributed by atoms with Crippen molar-refractivity contribution in [1.82, 2.24) is 10.0 Å². The molecule has 0 aliphatic rings. The molecule has 0 atom stereocenters. The SMILES string of the molecule is CCNC(=NCCNS(=O)(=O)c1ccc(C)cc1)Nc1ccc(OCC)c(OC)c1.I. The number of anilines is 1. The minimum absolute atomic E-state index is 0. The summed E-state index contributed by atoms with van der Waals surface area (Å²) in [6, 6.07) is 12.2. The van der Waals surface area contributed by atoms with Crippen LogP contribution < -0.4 is 24.8 Å². The van der Waals surface area contributed by atoms with E-state index in [4.69, 9.17) is 9.47 Å². The molecular weight excluding hydrogens is 531 g/mol. The zero-order valence-electron chi connectivity index (χ0n) is 18.3. The third-order valence-electron chi connectivity index (χ3n) is 4.08. The monoisotopic (exact) mass is 562 g/mol. The number of aliphatic imine (C=N–C) groups is 1. The van der Waals surface area contributed by atoms with Crippen molar-refractivity contribution in [3.63, 3.8) is 0 Å². The predicted octanol–water partition coefficient (Wildman–Crippen LogP) is 3.38. The molecule has 0 amide bonds. The number of methoxy groups -OCH3 is 1. The molecule has 2 rings (SSSR count). The van der Waals surface area contributed by atoms with Gasteiger partial charge in [0.1, 0.15) is 0 Å². The van der Waals surface area contributed by atoms with E-state index >= 15 is 0 Å². The number of sulfonamides is 1. The molecule has 0 aromatic heterocycles. The van der Waals surface area contributed by atoms with Gasteiger partial charge in [-0.1, -0.05) is 17.7 Å². The second kappa shape index (κ2) is 13.4. The number of nitrogens with one attached hydrogen (secondary N) is 3. The molecule has 0 unspecified atom stereocenters. The first-order valence-corrected chi connectivity index (χ1v) is 11.3. The second-order valence-electron chi connectivity index (χ2n) is 6.40. The summed E-state index contributed by atoms with van der Waals surface area (Å²) < 4.78 is 38.1. The van der Waals surface area contributed by atoms with Gasteiger partial charge in [-0.25, -0.2) is 13.1 Å². The first-order chi connectivity index (χ1) is 14.4. The van der Waals surface area contributed by atoms with Gasteiger partial charge in [0.05, 0.1) is 25.2 Å². The molecule has 0 bridgehead atoms. The van der Waals surface area contributed by atoms with Gasteiger partial charge in [0.2, 0.25) is 10.0 Å². The molecule has 10 heteroatoms. The topological polar surface area (TPSA) is 101 Å². The molecule has 0 radical (unpaired) electrons. The quantitative estimate of drug-likeness (QED) is 0.178. The second-order valence-corrected chi connectivity index (χ2v) is 8.16. The fourth-order valence-electron chi connectivity index (χ4n) is 2.61. The number of guanidine groups is 1. The van der Waals surface area contributed by atoms with Crippen LogP contribution in [0, 0.1) is 6.92 Å². The van der Waals surface area contributed by atoms with Gasteiger partial charge in [0, 0.05) is 24.8 Å². The Morgan fingerprint density at radius 2 is 1.77 bits per heavy atom. The van der Waals surface area contributed by atoms with Crippen LogP contribution in [-0.4, -0.2) is 47.7 Å². The Morgan fingerprint density at radius 1 is 1.06 bits per heavy atom. The van der Waals surface area contributed by atoms with E-state index in [1.54, 1.807) is 31.4 Å². The number of halogens is 1. The van der Waals surface area contributed by atoms with Gasteiger partial charge in [-0.05, 0) is 45.0 Å². The molecule has 3 N–H and O–H groups in total. The summed E-state index contributed by atoms with van der Waals surface area (Å²) in [5.74, 6) is 1.82. The zero-order valence-corrected chi connectivity index (χ0v) is 21.4. The Kier molecular flexibility index (Phi) is 11.6. The molecule has 0 aliphatic carbocycles. The van der Waals surface area contributed by atoms with Crippen molar-refractivity contribution in [2.45, 2.75) is 25.7 Å². The van der Waals surface area contributed by atoms with E-state index in [9.17, 15) is 8.42 Å². The lowest BCUT2D eigenvalue weighted by molar-refractivity contribution is 0.311. The lowest BCUT2D eigenvalue weighted by atomic mass is 10.2. The summed E-state index contributed by atoms with van der Waals surface area (Å²) >= 11 is 0. The molecule has 0 fully saturated rings. The highest BCUT2D eigenvalue weighted by atomic mass is 127. The van der Waals surface area contributed by atoms with E-state index in [2.05, 4.69) is 20.3 Å². The standard InChI is InChI=1S/C21H30N4O4S.HI/c1-5-22-21(25-17-9-12-19(29-6-2)20(15-17)28-4)23-13-14-24-30(26,27)18-10-7-16(3)8-11-18;/h7-12,15,24H,5-6,13-14H2,1-4H3,(H2,22,23,25);1H. The molecular formula is C21H31IN4O4S. The highest BCUT2D eigenvalue weighted by molar-refractivity contribution is 14.0. The molecule has 0 saturated heterocycles. The van der Waals surface area contributed by atoms with E-state index in [-0.39, 0.29) is 42.0 Å². The predicted molar refractivity (Wildman–Crippen MR) is 136 cm³/mol. The van der Waals surface area contributed by atoms with Crippen LogP contribution in [0.3, 0.4) is 0 Å². The molecule has 2 aromatic carbocycles. The summed E-state index contributed by atoms with van der Waals surface area (Å²) in [5.41, 5.74) is 1.78. The molecule has 8 nitrogen and oxygen atoms in total. The molecule has 0 aliphatic heterocycles. The fraction of sp³-hybridized carbons (Fsp3) is 0.381. The third kappa shape index (κ3) is 8.54. The Hall–Kier alpha value is -2.05. The van der Waals surface area contributed by atoms with Gasteiger partial charge in [0.25, 0.3) is 0 Å². The Morgan fingerprint density at radius 3 is 2.39 bits per heavy atom. The van der Waals surface area contributed by atoms with Crippen LogP contribution in [-0.2, 0) is 10.0 Å². The van der Waals surface area contributed by atoms with Crippen LogP contribution in [0.1, 0.15) is 19.4 Å². The third-order valence-corrected chi connectivity index (χ3v) is 5.55. The number of benzene rings is 2. The van der Waals surface area contributed by atoms with Gasteiger partial charge >= 0.3 is 0 Å². The molecule has 2 aromatic rings. The lowest BCUT2D eigenvalue weighted by Crippen LogP contribution is -2.32. The summed E-state index contributed by atoms with van der Waals surface area (Å²) in [6.45, 7) is 7.44. The average Bonchev–Trinajstić information content (AvgIpc) is 2.73. The minimum atomic E-state index is -3.56. The van der Waals surface area contributed by atoms with Gasteiger partial charge in [-0.2, -0.15) is 0 Å². The number of aryl methyl sites for hydroxylation is 1. The Balaban J connectivity index is 0.00000480. The molecule has 0 saturated carbocycles. The van der Waals surface area contributed by atoms with E-state index in [0.717, 1.165) is 11.3 Å². The molecule has 172 valence electrons. The highest BCUT2D eigenvalue weighted by Crippen LogP contribution is 2.30. The van der Waals surface area contributed by atoms with E-state index in [0.29, 0.717) is 30.6 Å². The maximum atomic E-state index is 12.3. The van der Waals surface area contributed by atoms with E-state index in [1.807, 2.05) is 39.0 Å². The highest BCUT2D eigenvalue weighted by Gasteiger charge is 2.12. The van der Waals surface area contributed by atoms with Crippen molar-refractivity contribution in [2.24, 2.45) is 4.99 Å². The number of rotatable bonds is 10. The zero-order chi connectivity index (χ0) is 22.0. The number of nitrogens with zero attached hydrogens (tertiary/aromatic N) is 1. The summed E-state index contributed by atoms with van der Waals surface area (Å²) in [6.07, 6.45) is 0. The largest absolute Gasteiger partial charge is 0.493 e. The van der Waals surface area contributed by atoms with Crippen molar-refractivity contribution in [3.8, 4) is 11.5 Å². The molecule has 0 spiro atoms. The van der Waals surface area contributed by atoms with Crippen LogP contribution in [0.4, 0.5) is 5.69 Å². The lowest BCUT2D eigenvalue weighted by Gasteiger charge is -2.14. The first-order valence-electron chi connectivity index (χ1n) is 9.82. The number of hydrogen-bond donors (Lipinski definition) is 3. The summed E-state index contributed by atoms with van der Waals surface area (Å²) in [5, 5.41) is 6.32. The van der Waals surface area contributed by atoms with Gasteiger partial charge in [0.15, 0.2) is 17.5 Å². The minimum Gasteiger partial charge on any atom is -0.493 e. The van der Waals surface area contributed by atoms with Crippen molar-refractivity contribution in [2.75, 3.05) is 38.7 Å². The Bertz CT molecular complexity index is 950. The van der Waals surface area contributed by atoms with Crippen LogP contribution in [0.5, 0.6) is 11.5 Å². The van der Waals surface area contributed by atoms with Crippen LogP contribution in [0.25, 0.3) is 0 Å². The van der Waals surface area contributed by atoms with Crippen molar-refractivity contribution < 1.29 is 17.9 Å². The molecule has 0 heterocycles. The average molecular weight is 562 g/mol. The van der Waals surface area contributed by atoms with Crippen LogP contribution >= 0.6 is 24.0 Å². The number of hydrogen-bond acceptors (Lipinski definition) is 5. The first kappa shape index (κ1) is 27.0. The summed E-state index contributed by atoms with van der Waals surface area (Å²) in [7, 11) is -1.97. The van der Waals surface area contributed by atoms with Crippen LogP contribution in [0.15, 0.2) is 52.4 Å². The smallest absolute Gasteiger partial charge is 0.240 e. The molecule has 31 heavy (non-hydrogen) atoms. The van der Waals surface area contributed by atoms with Gasteiger partial charge in [-0.3, -0.25) is 4.99 Å². The maximum Gasteiger partial charge on any atom is 0.240 e. The number of ether oxygens (including phenoxy) is 2. The maximum absolute atomic E-state index is 12.3. The van der Waals surface area contributed by atoms with Crippen molar-refractivity contribution in [3.05, 3.63) is 48.0 Å². The van der Waals surface area contributed by atoms with Crippen molar-refractivity contribution >= 4 is 45.6 Å². The van der Waals surface area contributed by atoms with Crippen LogP contribution in [0.2, 0.25) is 0 Å². The fourth-order valence-corrected chi connectivity index (χ4v) is 3.63. The normalized spacial score (nSPS) is 11.4. The van der Waals surface area contributed by atoms with Crippen molar-refractivity contribution in [1.29, 1.82) is 0 Å². The van der Waals surface area contributed by atoms with E-state index < -0.39 is 10.0 Å². The van der Waals surface area contributed by atoms with Gasteiger partial charge < -0.3 is 20.1 Å². The van der Waals surface area contributed by atoms with Gasteiger partial charge in [-0.15, -0.1) is 24.0 Å². The Labute approximate surface area is 201 Å².